The van der Waals surface area contributed by atoms with Gasteiger partial charge in [-0.15, -0.1) is 0 Å². The molecule has 1 saturated heterocycles. The number of rotatable bonds is 2. The second kappa shape index (κ2) is 5.75. The van der Waals surface area contributed by atoms with Gasteiger partial charge in [-0.25, -0.2) is 0 Å². The monoisotopic (exact) mass is 354 g/mol. The van der Waals surface area contributed by atoms with E-state index in [-0.39, 0.29) is 12.3 Å². The molecule has 1 aromatic rings. The Hall–Kier alpha value is -1.43. The first-order valence-electron chi connectivity index (χ1n) is 6.88. The third-order valence-electron chi connectivity index (χ3n) is 3.69. The maximum Gasteiger partial charge on any atom is 0.309 e. The standard InChI is InChI=1S/C15H19BrN2O3/c1-15(2,3)18-12(19)7-5-10(14(20)21)13(18)11-6-4-9(16)8-17-11/h4,6,8,10,13H,5,7H2,1-3H3,(H,20,21). The first kappa shape index (κ1) is 15.9. The molecule has 2 rings (SSSR count). The third-order valence-corrected chi connectivity index (χ3v) is 4.16. The summed E-state index contributed by atoms with van der Waals surface area (Å²) in [5.74, 6) is -1.53. The SMILES string of the molecule is CC(C)(C)N1C(=O)CCC(C(=O)O)C1c1ccc(Br)cn1. The molecule has 1 amide bonds. The normalized spacial score (nSPS) is 23.2. The van der Waals surface area contributed by atoms with E-state index in [1.54, 1.807) is 17.2 Å². The zero-order chi connectivity index (χ0) is 15.8. The lowest BCUT2D eigenvalue weighted by Crippen LogP contribution is -2.54. The van der Waals surface area contributed by atoms with Crippen LogP contribution in [0.1, 0.15) is 45.3 Å². The van der Waals surface area contributed by atoms with Gasteiger partial charge in [0.2, 0.25) is 5.91 Å². The number of hydrogen-bond acceptors (Lipinski definition) is 3. The van der Waals surface area contributed by atoms with Gasteiger partial charge in [0.25, 0.3) is 0 Å². The molecule has 6 heteroatoms. The van der Waals surface area contributed by atoms with Gasteiger partial charge >= 0.3 is 5.97 Å². The molecule has 1 aliphatic rings. The van der Waals surface area contributed by atoms with E-state index in [2.05, 4.69) is 20.9 Å². The third kappa shape index (κ3) is 3.26. The maximum atomic E-state index is 12.4. The predicted octanol–water partition coefficient (Wildman–Crippen LogP) is 3.01. The Morgan fingerprint density at radius 2 is 2.10 bits per heavy atom. The second-order valence-electron chi connectivity index (χ2n) is 6.26. The fourth-order valence-corrected chi connectivity index (χ4v) is 3.08. The van der Waals surface area contributed by atoms with Crippen LogP contribution < -0.4 is 0 Å². The van der Waals surface area contributed by atoms with E-state index < -0.39 is 23.5 Å². The molecule has 1 fully saturated rings. The number of aliphatic carboxylic acids is 1. The molecular weight excluding hydrogens is 336 g/mol. The lowest BCUT2D eigenvalue weighted by Gasteiger charge is -2.46. The summed E-state index contributed by atoms with van der Waals surface area (Å²) in [7, 11) is 0. The van der Waals surface area contributed by atoms with Gasteiger partial charge in [0.05, 0.1) is 17.7 Å². The Morgan fingerprint density at radius 3 is 2.57 bits per heavy atom. The maximum absolute atomic E-state index is 12.4. The molecule has 2 unspecified atom stereocenters. The number of carbonyl (C=O) groups is 2. The van der Waals surface area contributed by atoms with Crippen molar-refractivity contribution in [2.24, 2.45) is 5.92 Å². The molecule has 2 heterocycles. The molecule has 0 spiro atoms. The zero-order valence-electron chi connectivity index (χ0n) is 12.3. The number of hydrogen-bond donors (Lipinski definition) is 1. The van der Waals surface area contributed by atoms with Crippen LogP contribution >= 0.6 is 15.9 Å². The van der Waals surface area contributed by atoms with E-state index in [9.17, 15) is 14.7 Å². The van der Waals surface area contributed by atoms with Gasteiger partial charge in [-0.1, -0.05) is 0 Å². The highest BCUT2D eigenvalue weighted by molar-refractivity contribution is 9.10. The van der Waals surface area contributed by atoms with Crippen LogP contribution in [0, 0.1) is 5.92 Å². The van der Waals surface area contributed by atoms with Crippen LogP contribution in [0.2, 0.25) is 0 Å². The van der Waals surface area contributed by atoms with E-state index in [1.165, 1.54) is 0 Å². The van der Waals surface area contributed by atoms with Crippen molar-refractivity contribution in [1.82, 2.24) is 9.88 Å². The number of piperidine rings is 1. The minimum Gasteiger partial charge on any atom is -0.481 e. The highest BCUT2D eigenvalue weighted by Crippen LogP contribution is 2.40. The molecule has 0 radical (unpaired) electrons. The number of halogens is 1. The smallest absolute Gasteiger partial charge is 0.309 e. The van der Waals surface area contributed by atoms with Crippen molar-refractivity contribution in [3.63, 3.8) is 0 Å². The summed E-state index contributed by atoms with van der Waals surface area (Å²) >= 11 is 3.32. The number of carboxylic acids is 1. The molecular formula is C15H19BrN2O3. The molecule has 1 aromatic heterocycles. The first-order valence-corrected chi connectivity index (χ1v) is 7.67. The fraction of sp³-hybridized carbons (Fsp3) is 0.533. The van der Waals surface area contributed by atoms with Crippen molar-refractivity contribution >= 4 is 27.8 Å². The van der Waals surface area contributed by atoms with Crippen LogP contribution in [0.4, 0.5) is 0 Å². The van der Waals surface area contributed by atoms with Crippen molar-refractivity contribution in [3.05, 3.63) is 28.5 Å². The Kier molecular flexibility index (Phi) is 4.37. The molecule has 0 aliphatic carbocycles. The lowest BCUT2D eigenvalue weighted by atomic mass is 9.83. The molecule has 21 heavy (non-hydrogen) atoms. The average Bonchev–Trinajstić information content (AvgIpc) is 2.37. The van der Waals surface area contributed by atoms with Gasteiger partial charge in [0.1, 0.15) is 0 Å². The Labute approximate surface area is 132 Å². The predicted molar refractivity (Wildman–Crippen MR) is 81.6 cm³/mol. The van der Waals surface area contributed by atoms with Crippen molar-refractivity contribution in [3.8, 4) is 0 Å². The van der Waals surface area contributed by atoms with E-state index in [4.69, 9.17) is 0 Å². The highest BCUT2D eigenvalue weighted by atomic mass is 79.9. The number of aromatic nitrogens is 1. The van der Waals surface area contributed by atoms with Gasteiger partial charge in [-0.2, -0.15) is 0 Å². The average molecular weight is 355 g/mol. The van der Waals surface area contributed by atoms with Gasteiger partial charge < -0.3 is 10.0 Å². The molecule has 0 aromatic carbocycles. The van der Waals surface area contributed by atoms with Crippen molar-refractivity contribution in [2.45, 2.75) is 45.2 Å². The summed E-state index contributed by atoms with van der Waals surface area (Å²) in [6, 6.07) is 3.07. The van der Waals surface area contributed by atoms with Crippen LogP contribution in [-0.4, -0.2) is 32.4 Å². The van der Waals surface area contributed by atoms with Crippen LogP contribution in [0.25, 0.3) is 0 Å². The topological polar surface area (TPSA) is 70.5 Å². The molecule has 2 atom stereocenters. The number of likely N-dealkylation sites (tertiary alicyclic amines) is 1. The van der Waals surface area contributed by atoms with Crippen molar-refractivity contribution in [2.75, 3.05) is 0 Å². The minimum absolute atomic E-state index is 0.0188. The Morgan fingerprint density at radius 1 is 1.43 bits per heavy atom. The zero-order valence-corrected chi connectivity index (χ0v) is 13.9. The van der Waals surface area contributed by atoms with E-state index >= 15 is 0 Å². The van der Waals surface area contributed by atoms with E-state index in [1.807, 2.05) is 26.8 Å². The fourth-order valence-electron chi connectivity index (χ4n) is 2.84. The molecule has 0 bridgehead atoms. The Bertz CT molecular complexity index is 551. The van der Waals surface area contributed by atoms with Crippen LogP contribution in [0.3, 0.4) is 0 Å². The summed E-state index contributed by atoms with van der Waals surface area (Å²) in [6.45, 7) is 5.75. The van der Waals surface area contributed by atoms with E-state index in [0.717, 1.165) is 4.47 Å². The molecule has 5 nitrogen and oxygen atoms in total. The number of pyridine rings is 1. The van der Waals surface area contributed by atoms with Crippen molar-refractivity contribution < 1.29 is 14.7 Å². The summed E-state index contributed by atoms with van der Waals surface area (Å²) < 4.78 is 0.822. The molecule has 114 valence electrons. The largest absolute Gasteiger partial charge is 0.481 e. The number of carboxylic acid groups (broad SMARTS) is 1. The lowest BCUT2D eigenvalue weighted by molar-refractivity contribution is -0.156. The van der Waals surface area contributed by atoms with Crippen LogP contribution in [0.15, 0.2) is 22.8 Å². The summed E-state index contributed by atoms with van der Waals surface area (Å²) in [5, 5.41) is 9.52. The summed E-state index contributed by atoms with van der Waals surface area (Å²) in [4.78, 5) is 30.0. The second-order valence-corrected chi connectivity index (χ2v) is 7.18. The van der Waals surface area contributed by atoms with Gasteiger partial charge in [0, 0.05) is 22.6 Å². The van der Waals surface area contributed by atoms with Gasteiger partial charge in [-0.3, -0.25) is 14.6 Å². The number of nitrogens with zero attached hydrogens (tertiary/aromatic N) is 2. The highest BCUT2D eigenvalue weighted by Gasteiger charge is 2.45. The van der Waals surface area contributed by atoms with Gasteiger partial charge in [0.15, 0.2) is 0 Å². The minimum atomic E-state index is -0.883. The number of carbonyl (C=O) groups excluding carboxylic acids is 1. The number of amides is 1. The van der Waals surface area contributed by atoms with Gasteiger partial charge in [-0.05, 0) is 55.3 Å². The summed E-state index contributed by atoms with van der Waals surface area (Å²) in [5.41, 5.74) is 0.165. The van der Waals surface area contributed by atoms with E-state index in [0.29, 0.717) is 12.1 Å². The summed E-state index contributed by atoms with van der Waals surface area (Å²) in [6.07, 6.45) is 2.25. The van der Waals surface area contributed by atoms with Crippen molar-refractivity contribution in [1.29, 1.82) is 0 Å². The van der Waals surface area contributed by atoms with Crippen LogP contribution in [0.5, 0.6) is 0 Å². The van der Waals surface area contributed by atoms with Crippen LogP contribution in [-0.2, 0) is 9.59 Å². The molecule has 0 saturated carbocycles. The first-order chi connectivity index (χ1) is 9.71. The quantitative estimate of drug-likeness (QED) is 0.885. The molecule has 1 N–H and O–H groups in total. The molecule has 1 aliphatic heterocycles. The Balaban J connectivity index is 2.51.